The van der Waals surface area contributed by atoms with Crippen molar-refractivity contribution in [2.75, 3.05) is 47.4 Å². The summed E-state index contributed by atoms with van der Waals surface area (Å²) in [7, 11) is 4.69. The summed E-state index contributed by atoms with van der Waals surface area (Å²) in [6.07, 6.45) is 4.73. The molecule has 2 heterocycles. The van der Waals surface area contributed by atoms with Gasteiger partial charge in [-0.2, -0.15) is 0 Å². The van der Waals surface area contributed by atoms with Gasteiger partial charge in [0.15, 0.2) is 0 Å². The van der Waals surface area contributed by atoms with E-state index >= 15 is 0 Å². The van der Waals surface area contributed by atoms with Gasteiger partial charge in [-0.25, -0.2) is 19.6 Å². The lowest BCUT2D eigenvalue weighted by Crippen LogP contribution is -2.40. The van der Waals surface area contributed by atoms with E-state index in [0.717, 1.165) is 86.1 Å². The highest BCUT2D eigenvalue weighted by atomic mass is 16.5. The molecule has 0 atom stereocenters. The van der Waals surface area contributed by atoms with E-state index in [-0.39, 0.29) is 25.0 Å². The fourth-order valence-electron chi connectivity index (χ4n) is 7.02. The van der Waals surface area contributed by atoms with Crippen molar-refractivity contribution in [3.8, 4) is 33.6 Å². The van der Waals surface area contributed by atoms with Crippen molar-refractivity contribution in [2.24, 2.45) is 0 Å². The molecule has 6 rings (SSSR count). The Balaban J connectivity index is 1.27. The number of imidazole rings is 2. The molecule has 0 saturated heterocycles. The van der Waals surface area contributed by atoms with Gasteiger partial charge in [0.2, 0.25) is 5.91 Å². The molecule has 0 unspecified atom stereocenters. The van der Waals surface area contributed by atoms with Crippen LogP contribution in [0.2, 0.25) is 0 Å². The first-order valence-corrected chi connectivity index (χ1v) is 19.2. The molecule has 0 bridgehead atoms. The van der Waals surface area contributed by atoms with Crippen molar-refractivity contribution in [3.63, 3.8) is 0 Å². The summed E-state index contributed by atoms with van der Waals surface area (Å²) in [4.78, 5) is 58.3. The van der Waals surface area contributed by atoms with Crippen LogP contribution in [0.1, 0.15) is 38.3 Å². The lowest BCUT2D eigenvalue weighted by atomic mass is 9.89. The summed E-state index contributed by atoms with van der Waals surface area (Å²) in [6, 6.07) is 25.3. The van der Waals surface area contributed by atoms with Gasteiger partial charge in [-0.3, -0.25) is 4.79 Å². The fourth-order valence-corrected chi connectivity index (χ4v) is 7.02. The molecule has 4 N–H and O–H groups in total. The molecule has 4 aromatic carbocycles. The molecule has 0 aliphatic rings. The van der Waals surface area contributed by atoms with Crippen LogP contribution in [-0.2, 0) is 22.6 Å². The Morgan fingerprint density at radius 1 is 0.667 bits per heavy atom. The molecule has 0 saturated carbocycles. The van der Waals surface area contributed by atoms with Crippen molar-refractivity contribution in [1.82, 2.24) is 45.3 Å². The monoisotopic (exact) mass is 769 g/mol. The first kappa shape index (κ1) is 40.0. The Morgan fingerprint density at radius 2 is 1.12 bits per heavy atom. The quantitative estimate of drug-likeness (QED) is 0.0795. The molecular formula is C44H51N9O4. The number of benzene rings is 4. The molecule has 0 aliphatic carbocycles. The normalized spacial score (nSPS) is 11.0. The third kappa shape index (κ3) is 9.26. The fraction of sp³-hybridized carbons (Fsp3) is 0.295. The van der Waals surface area contributed by atoms with E-state index in [2.05, 4.69) is 115 Å². The van der Waals surface area contributed by atoms with Crippen LogP contribution in [0.5, 0.6) is 0 Å². The van der Waals surface area contributed by atoms with E-state index in [1.807, 2.05) is 19.2 Å². The van der Waals surface area contributed by atoms with Crippen LogP contribution in [0.15, 0.2) is 97.5 Å². The topological polar surface area (TPSA) is 152 Å². The lowest BCUT2D eigenvalue weighted by Gasteiger charge is -2.26. The van der Waals surface area contributed by atoms with Crippen LogP contribution in [0.4, 0.5) is 9.59 Å². The Labute approximate surface area is 333 Å². The van der Waals surface area contributed by atoms with E-state index in [4.69, 9.17) is 4.98 Å². The van der Waals surface area contributed by atoms with Crippen molar-refractivity contribution in [1.29, 1.82) is 0 Å². The molecule has 296 valence electrons. The summed E-state index contributed by atoms with van der Waals surface area (Å²) < 4.78 is 4.61. The largest absolute Gasteiger partial charge is 0.453 e. The van der Waals surface area contributed by atoms with Crippen LogP contribution >= 0.6 is 0 Å². The number of carbonyl (C=O) groups is 3. The van der Waals surface area contributed by atoms with E-state index in [1.54, 1.807) is 25.2 Å². The Kier molecular flexibility index (Phi) is 12.9. The minimum absolute atomic E-state index is 0.153. The van der Waals surface area contributed by atoms with E-state index < -0.39 is 6.09 Å². The molecule has 0 fully saturated rings. The third-order valence-electron chi connectivity index (χ3n) is 9.86. The average Bonchev–Trinajstić information content (AvgIpc) is 3.90. The maximum atomic E-state index is 12.9. The number of urea groups is 1. The number of H-pyrrole nitrogens is 2. The van der Waals surface area contributed by atoms with Crippen molar-refractivity contribution in [2.45, 2.75) is 39.8 Å². The number of hydrogen-bond donors (Lipinski definition) is 4. The number of aromatic amines is 2. The predicted octanol–water partition coefficient (Wildman–Crippen LogP) is 7.53. The molecule has 6 aromatic rings. The summed E-state index contributed by atoms with van der Waals surface area (Å²) >= 11 is 0. The molecule has 13 nitrogen and oxygen atoms in total. The van der Waals surface area contributed by atoms with Crippen molar-refractivity contribution in [3.05, 3.63) is 109 Å². The molecule has 57 heavy (non-hydrogen) atoms. The summed E-state index contributed by atoms with van der Waals surface area (Å²) in [6.45, 7) is 10.7. The van der Waals surface area contributed by atoms with Crippen molar-refractivity contribution < 1.29 is 19.1 Å². The Hall–Kier alpha value is -6.63. The van der Waals surface area contributed by atoms with Gasteiger partial charge in [0.1, 0.15) is 18.2 Å². The van der Waals surface area contributed by atoms with Gasteiger partial charge in [-0.1, -0.05) is 93.2 Å². The standard InChI is InChI=1S/C44H51N9O4/c1-7-21-52(29(3)23-47-43(55)51(4)5)27-40-45-24-38(49-40)36-19-17-34(30-13-9-11-15-32(30)36)35-18-20-37(33-16-12-10-14-31(33)35)39-25-46-41(50-39)28-53(22-8-2)42(54)26-48-44(56)57-6/h9-20,24-25H,3,7-8,21-23,26-28H2,1-2,4-6H3,(H,45,49)(H,46,50)(H,47,55)(H,48,56). The van der Waals surface area contributed by atoms with Gasteiger partial charge in [0.05, 0.1) is 50.5 Å². The number of ether oxygens (including phenoxy) is 1. The molecule has 0 aliphatic heterocycles. The number of nitrogens with one attached hydrogen (secondary N) is 4. The van der Waals surface area contributed by atoms with Crippen LogP contribution in [0, 0.1) is 0 Å². The number of amides is 4. The van der Waals surface area contributed by atoms with Crippen LogP contribution in [0.25, 0.3) is 55.2 Å². The van der Waals surface area contributed by atoms with Crippen molar-refractivity contribution >= 4 is 39.6 Å². The third-order valence-corrected chi connectivity index (χ3v) is 9.86. The highest BCUT2D eigenvalue weighted by Crippen LogP contribution is 2.40. The zero-order chi connectivity index (χ0) is 40.5. The predicted molar refractivity (Wildman–Crippen MR) is 225 cm³/mol. The van der Waals surface area contributed by atoms with E-state index in [1.165, 1.54) is 12.0 Å². The van der Waals surface area contributed by atoms with Crippen LogP contribution in [-0.4, -0.2) is 100 Å². The number of rotatable bonds is 16. The van der Waals surface area contributed by atoms with Crippen LogP contribution in [0.3, 0.4) is 0 Å². The summed E-state index contributed by atoms with van der Waals surface area (Å²) in [5.41, 5.74) is 6.86. The Morgan fingerprint density at radius 3 is 1.60 bits per heavy atom. The lowest BCUT2D eigenvalue weighted by molar-refractivity contribution is -0.130. The Bertz CT molecular complexity index is 2380. The van der Waals surface area contributed by atoms with Gasteiger partial charge in [-0.05, 0) is 45.5 Å². The number of methoxy groups -OCH3 is 1. The number of alkyl carbamates (subject to hydrolysis) is 1. The number of fused-ring (bicyclic) bond motifs is 2. The van der Waals surface area contributed by atoms with Gasteiger partial charge in [-0.15, -0.1) is 0 Å². The van der Waals surface area contributed by atoms with Crippen LogP contribution < -0.4 is 10.6 Å². The molecule has 2 aromatic heterocycles. The average molecular weight is 770 g/mol. The number of aromatic nitrogens is 4. The van der Waals surface area contributed by atoms with E-state index in [9.17, 15) is 14.4 Å². The first-order valence-electron chi connectivity index (χ1n) is 19.2. The second-order valence-electron chi connectivity index (χ2n) is 14.1. The smallest absolute Gasteiger partial charge is 0.407 e. The summed E-state index contributed by atoms with van der Waals surface area (Å²) in [5, 5.41) is 9.77. The highest BCUT2D eigenvalue weighted by Gasteiger charge is 2.19. The number of nitrogens with zero attached hydrogens (tertiary/aromatic N) is 5. The molecule has 0 spiro atoms. The second kappa shape index (κ2) is 18.3. The first-order chi connectivity index (χ1) is 27.6. The second-order valence-corrected chi connectivity index (χ2v) is 14.1. The summed E-state index contributed by atoms with van der Waals surface area (Å²) in [5.74, 6) is 1.25. The molecule has 4 amide bonds. The zero-order valence-electron chi connectivity index (χ0n) is 33.3. The maximum Gasteiger partial charge on any atom is 0.407 e. The van der Waals surface area contributed by atoms with Gasteiger partial charge in [0, 0.05) is 44.0 Å². The van der Waals surface area contributed by atoms with Gasteiger partial charge in [0.25, 0.3) is 0 Å². The highest BCUT2D eigenvalue weighted by molar-refractivity contribution is 6.11. The molecular weight excluding hydrogens is 719 g/mol. The minimum Gasteiger partial charge on any atom is -0.453 e. The maximum absolute atomic E-state index is 12.9. The number of hydrogen-bond acceptors (Lipinski definition) is 7. The zero-order valence-corrected chi connectivity index (χ0v) is 33.3. The number of carbonyl (C=O) groups excluding carboxylic acids is 3. The molecule has 0 radical (unpaired) electrons. The molecule has 13 heteroatoms. The van der Waals surface area contributed by atoms with Gasteiger partial charge < -0.3 is 40.0 Å². The SMILES string of the molecule is C=C(CNC(=O)N(C)C)N(CCC)Cc1ncc(-c2ccc(-c3ccc(-c4cnc(CN(CCC)C(=O)CNC(=O)OC)[nH]4)c4ccccc34)c3ccccc23)[nH]1. The van der Waals surface area contributed by atoms with E-state index in [0.29, 0.717) is 25.5 Å². The minimum atomic E-state index is -0.648. The van der Waals surface area contributed by atoms with Gasteiger partial charge >= 0.3 is 12.1 Å².